The number of fused-ring (bicyclic) bond motifs is 2. The summed E-state index contributed by atoms with van der Waals surface area (Å²) in [4.78, 5) is 12.1. The molecule has 2 aliphatic carbocycles. The van der Waals surface area contributed by atoms with Gasteiger partial charge in [-0.05, 0) is 55.4 Å². The number of rotatable bonds is 3. The maximum absolute atomic E-state index is 12.1. The number of nitrogens with one attached hydrogen (secondary N) is 1. The number of carbonyl (C=O) groups is 1. The molecular weight excluding hydrogens is 226 g/mol. The van der Waals surface area contributed by atoms with Gasteiger partial charge >= 0.3 is 0 Å². The molecule has 0 unspecified atom stereocenters. The Hall–Kier alpha value is -1.51. The van der Waals surface area contributed by atoms with Crippen molar-refractivity contribution in [2.24, 2.45) is 11.8 Å². The quantitative estimate of drug-likeness (QED) is 0.889. The van der Waals surface area contributed by atoms with E-state index in [1.807, 2.05) is 24.3 Å². The normalized spacial score (nSPS) is 29.3. The zero-order chi connectivity index (χ0) is 12.5. The van der Waals surface area contributed by atoms with Crippen LogP contribution in [0.15, 0.2) is 24.3 Å². The van der Waals surface area contributed by atoms with Crippen molar-refractivity contribution >= 4 is 5.91 Å². The first-order valence-corrected chi connectivity index (χ1v) is 6.71. The molecule has 18 heavy (non-hydrogen) atoms. The van der Waals surface area contributed by atoms with Crippen LogP contribution in [0.2, 0.25) is 0 Å². The smallest absolute Gasteiger partial charge is 0.251 e. The maximum Gasteiger partial charge on any atom is 0.251 e. The van der Waals surface area contributed by atoms with Crippen molar-refractivity contribution in [3.05, 3.63) is 29.8 Å². The zero-order valence-corrected chi connectivity index (χ0v) is 10.7. The highest BCUT2D eigenvalue weighted by atomic mass is 16.5. The SMILES string of the molecule is COc1ccc(C(=O)N[C@H]2C[C@H]3CC[C@@H]2C3)cc1. The lowest BCUT2D eigenvalue weighted by atomic mass is 9.95. The van der Waals surface area contributed by atoms with Crippen LogP contribution in [0.1, 0.15) is 36.0 Å². The monoisotopic (exact) mass is 245 g/mol. The first kappa shape index (κ1) is 11.6. The number of amides is 1. The maximum atomic E-state index is 12.1. The van der Waals surface area contributed by atoms with Crippen molar-refractivity contribution < 1.29 is 9.53 Å². The Morgan fingerprint density at radius 1 is 1.22 bits per heavy atom. The minimum atomic E-state index is 0.0511. The predicted molar refractivity (Wildman–Crippen MR) is 69.7 cm³/mol. The third kappa shape index (κ3) is 2.09. The van der Waals surface area contributed by atoms with Crippen molar-refractivity contribution in [1.29, 1.82) is 0 Å². The van der Waals surface area contributed by atoms with Gasteiger partial charge < -0.3 is 10.1 Å². The molecule has 3 rings (SSSR count). The molecule has 0 saturated heterocycles. The third-order valence-corrected chi connectivity index (χ3v) is 4.41. The summed E-state index contributed by atoms with van der Waals surface area (Å²) >= 11 is 0. The van der Waals surface area contributed by atoms with Crippen molar-refractivity contribution in [3.8, 4) is 5.75 Å². The average molecular weight is 245 g/mol. The molecule has 2 aliphatic rings. The molecule has 1 amide bonds. The van der Waals surface area contributed by atoms with Crippen LogP contribution in [-0.4, -0.2) is 19.1 Å². The second-order valence-corrected chi connectivity index (χ2v) is 5.48. The van der Waals surface area contributed by atoms with Crippen LogP contribution in [-0.2, 0) is 0 Å². The zero-order valence-electron chi connectivity index (χ0n) is 10.7. The molecule has 3 nitrogen and oxygen atoms in total. The molecule has 96 valence electrons. The van der Waals surface area contributed by atoms with Gasteiger partial charge in [0, 0.05) is 11.6 Å². The molecule has 2 bridgehead atoms. The van der Waals surface area contributed by atoms with Crippen LogP contribution in [0, 0.1) is 11.8 Å². The first-order valence-electron chi connectivity index (χ1n) is 6.71. The van der Waals surface area contributed by atoms with Crippen LogP contribution in [0.4, 0.5) is 0 Å². The van der Waals surface area contributed by atoms with Crippen LogP contribution in [0.3, 0.4) is 0 Å². The number of methoxy groups -OCH3 is 1. The van der Waals surface area contributed by atoms with E-state index in [-0.39, 0.29) is 5.91 Å². The van der Waals surface area contributed by atoms with Crippen LogP contribution in [0.25, 0.3) is 0 Å². The highest BCUT2D eigenvalue weighted by molar-refractivity contribution is 5.94. The summed E-state index contributed by atoms with van der Waals surface area (Å²) in [5.41, 5.74) is 0.721. The molecule has 0 aliphatic heterocycles. The Kier molecular flexibility index (Phi) is 2.98. The molecule has 3 heteroatoms. The Bertz CT molecular complexity index is 440. The number of hydrogen-bond acceptors (Lipinski definition) is 2. The highest BCUT2D eigenvalue weighted by Gasteiger charge is 2.40. The summed E-state index contributed by atoms with van der Waals surface area (Å²) in [6.07, 6.45) is 5.14. The molecule has 2 fully saturated rings. The summed E-state index contributed by atoms with van der Waals surface area (Å²) < 4.78 is 5.09. The van der Waals surface area contributed by atoms with Gasteiger partial charge in [-0.15, -0.1) is 0 Å². The van der Waals surface area contributed by atoms with Gasteiger partial charge in [0.2, 0.25) is 0 Å². The average Bonchev–Trinajstić information content (AvgIpc) is 3.01. The van der Waals surface area contributed by atoms with E-state index >= 15 is 0 Å². The fraction of sp³-hybridized carbons (Fsp3) is 0.533. The van der Waals surface area contributed by atoms with Gasteiger partial charge in [-0.2, -0.15) is 0 Å². The Morgan fingerprint density at radius 2 is 2.00 bits per heavy atom. The van der Waals surface area contributed by atoms with Gasteiger partial charge in [-0.1, -0.05) is 6.42 Å². The van der Waals surface area contributed by atoms with E-state index in [1.54, 1.807) is 7.11 Å². The van der Waals surface area contributed by atoms with E-state index < -0.39 is 0 Å². The number of ether oxygens (including phenoxy) is 1. The summed E-state index contributed by atoms with van der Waals surface area (Å²) in [5, 5.41) is 3.18. The Morgan fingerprint density at radius 3 is 2.56 bits per heavy atom. The standard InChI is InChI=1S/C15H19NO2/c1-18-13-6-4-11(5-7-13)15(17)16-14-9-10-2-3-12(14)8-10/h4-7,10,12,14H,2-3,8-9H2,1H3,(H,16,17)/t10-,12+,14-/m0/s1. The van der Waals surface area contributed by atoms with Crippen LogP contribution in [0.5, 0.6) is 5.75 Å². The lowest BCUT2D eigenvalue weighted by Gasteiger charge is -2.22. The van der Waals surface area contributed by atoms with Gasteiger partial charge in [0.15, 0.2) is 0 Å². The summed E-state index contributed by atoms with van der Waals surface area (Å²) in [7, 11) is 1.63. The van der Waals surface area contributed by atoms with E-state index in [0.29, 0.717) is 6.04 Å². The minimum absolute atomic E-state index is 0.0511. The van der Waals surface area contributed by atoms with Gasteiger partial charge in [-0.3, -0.25) is 4.79 Å². The van der Waals surface area contributed by atoms with Crippen LogP contribution < -0.4 is 10.1 Å². The van der Waals surface area contributed by atoms with Crippen molar-refractivity contribution in [2.75, 3.05) is 7.11 Å². The van der Waals surface area contributed by atoms with E-state index in [1.165, 1.54) is 25.7 Å². The fourth-order valence-electron chi connectivity index (χ4n) is 3.42. The molecule has 0 radical (unpaired) electrons. The minimum Gasteiger partial charge on any atom is -0.497 e. The lowest BCUT2D eigenvalue weighted by molar-refractivity contribution is 0.0923. The predicted octanol–water partition coefficient (Wildman–Crippen LogP) is 2.61. The van der Waals surface area contributed by atoms with Gasteiger partial charge in [0.05, 0.1) is 7.11 Å². The Labute approximate surface area is 108 Å². The number of benzene rings is 1. The molecule has 2 saturated carbocycles. The highest BCUT2D eigenvalue weighted by Crippen LogP contribution is 2.44. The van der Waals surface area contributed by atoms with Gasteiger partial charge in [0.25, 0.3) is 5.91 Å². The first-order chi connectivity index (χ1) is 8.76. The van der Waals surface area contributed by atoms with E-state index in [0.717, 1.165) is 23.1 Å². The van der Waals surface area contributed by atoms with E-state index in [2.05, 4.69) is 5.32 Å². The topological polar surface area (TPSA) is 38.3 Å². The molecule has 1 aromatic carbocycles. The number of carbonyl (C=O) groups excluding carboxylic acids is 1. The molecular formula is C15H19NO2. The van der Waals surface area contributed by atoms with Gasteiger partial charge in [-0.25, -0.2) is 0 Å². The molecule has 0 spiro atoms. The third-order valence-electron chi connectivity index (χ3n) is 4.41. The van der Waals surface area contributed by atoms with Crippen molar-refractivity contribution in [3.63, 3.8) is 0 Å². The summed E-state index contributed by atoms with van der Waals surface area (Å²) in [6.45, 7) is 0. The molecule has 1 N–H and O–H groups in total. The molecule has 0 aromatic heterocycles. The molecule has 3 atom stereocenters. The van der Waals surface area contributed by atoms with Crippen molar-refractivity contribution in [1.82, 2.24) is 5.32 Å². The molecule has 1 aromatic rings. The van der Waals surface area contributed by atoms with Crippen molar-refractivity contribution in [2.45, 2.75) is 31.7 Å². The van der Waals surface area contributed by atoms with Gasteiger partial charge in [0.1, 0.15) is 5.75 Å². The van der Waals surface area contributed by atoms with Crippen LogP contribution >= 0.6 is 0 Å². The largest absolute Gasteiger partial charge is 0.497 e. The summed E-state index contributed by atoms with van der Waals surface area (Å²) in [5.74, 6) is 2.41. The van der Waals surface area contributed by atoms with E-state index in [9.17, 15) is 4.79 Å². The summed E-state index contributed by atoms with van der Waals surface area (Å²) in [6, 6.07) is 7.70. The second-order valence-electron chi connectivity index (χ2n) is 5.48. The Balaban J connectivity index is 1.64. The second kappa shape index (κ2) is 4.63. The number of hydrogen-bond donors (Lipinski definition) is 1. The lowest BCUT2D eigenvalue weighted by Crippen LogP contribution is -2.38. The fourth-order valence-corrected chi connectivity index (χ4v) is 3.42. The molecule has 0 heterocycles. The van der Waals surface area contributed by atoms with E-state index in [4.69, 9.17) is 4.74 Å².